The van der Waals surface area contributed by atoms with Gasteiger partial charge in [-0.05, 0) is 18.2 Å². The summed E-state index contributed by atoms with van der Waals surface area (Å²) in [6.07, 6.45) is 0. The number of nitrogens with one attached hydrogen (secondary N) is 1. The highest BCUT2D eigenvalue weighted by Gasteiger charge is 2.14. The van der Waals surface area contributed by atoms with Crippen molar-refractivity contribution in [3.05, 3.63) is 66.0 Å². The number of anilines is 1. The Morgan fingerprint density at radius 3 is 2.22 bits per heavy atom. The Morgan fingerprint density at radius 2 is 1.56 bits per heavy atom. The lowest BCUT2D eigenvalue weighted by atomic mass is 10.2. The molecule has 0 saturated carbocycles. The molecule has 2 rings (SSSR count). The fourth-order valence-corrected chi connectivity index (χ4v) is 2.75. The zero-order valence-electron chi connectivity index (χ0n) is 9.51. The van der Waals surface area contributed by atoms with Crippen molar-refractivity contribution in [3.63, 3.8) is 0 Å². The van der Waals surface area contributed by atoms with Crippen LogP contribution in [0.4, 0.5) is 10.1 Å². The number of rotatable bonds is 4. The molecule has 0 fully saturated rings. The average Bonchev–Trinajstić information content (AvgIpc) is 2.32. The summed E-state index contributed by atoms with van der Waals surface area (Å²) < 4.78 is 39.5. The van der Waals surface area contributed by atoms with E-state index in [0.29, 0.717) is 5.69 Å². The predicted octanol–water partition coefficient (Wildman–Crippen LogP) is 2.77. The Hall–Kier alpha value is -1.88. The zero-order chi connectivity index (χ0) is 13.0. The molecule has 0 spiro atoms. The first kappa shape index (κ1) is 12.6. The third-order valence-corrected chi connectivity index (χ3v) is 3.59. The van der Waals surface area contributed by atoms with E-state index in [9.17, 15) is 12.8 Å². The molecular formula is C13H12FNO2S. The van der Waals surface area contributed by atoms with Gasteiger partial charge in [-0.1, -0.05) is 36.4 Å². The summed E-state index contributed by atoms with van der Waals surface area (Å²) in [5.41, 5.74) is 0.620. The standard InChI is InChI=1S/C13H12FNO2S/c14-13-9-5-4-6-11(13)10-18(16,17)15-12-7-2-1-3-8-12/h1-9,15H,10H2. The molecule has 0 aliphatic rings. The van der Waals surface area contributed by atoms with Crippen LogP contribution in [0, 0.1) is 5.82 Å². The van der Waals surface area contributed by atoms with Crippen molar-refractivity contribution in [2.45, 2.75) is 5.75 Å². The van der Waals surface area contributed by atoms with Crippen LogP contribution in [0.15, 0.2) is 54.6 Å². The van der Waals surface area contributed by atoms with Crippen molar-refractivity contribution in [1.82, 2.24) is 0 Å². The maximum absolute atomic E-state index is 13.4. The van der Waals surface area contributed by atoms with Gasteiger partial charge in [-0.25, -0.2) is 12.8 Å². The van der Waals surface area contributed by atoms with Crippen LogP contribution in [0.5, 0.6) is 0 Å². The molecule has 3 nitrogen and oxygen atoms in total. The topological polar surface area (TPSA) is 46.2 Å². The van der Waals surface area contributed by atoms with Gasteiger partial charge in [0.15, 0.2) is 0 Å². The van der Waals surface area contributed by atoms with Crippen LogP contribution in [0.1, 0.15) is 5.56 Å². The molecule has 0 amide bonds. The quantitative estimate of drug-likeness (QED) is 0.924. The Balaban J connectivity index is 2.16. The fraction of sp³-hybridized carbons (Fsp3) is 0.0769. The highest BCUT2D eigenvalue weighted by molar-refractivity contribution is 7.91. The Labute approximate surface area is 105 Å². The van der Waals surface area contributed by atoms with Crippen LogP contribution in [-0.4, -0.2) is 8.42 Å². The molecule has 0 bridgehead atoms. The third kappa shape index (κ3) is 3.30. The van der Waals surface area contributed by atoms with Gasteiger partial charge in [-0.3, -0.25) is 4.72 Å². The van der Waals surface area contributed by atoms with E-state index in [1.165, 1.54) is 18.2 Å². The summed E-state index contributed by atoms with van der Waals surface area (Å²) in [5.74, 6) is -0.898. The molecule has 2 aromatic rings. The summed E-state index contributed by atoms with van der Waals surface area (Å²) in [6, 6.07) is 14.3. The molecule has 5 heteroatoms. The molecular weight excluding hydrogens is 253 g/mol. The summed E-state index contributed by atoms with van der Waals surface area (Å²) in [7, 11) is -3.60. The molecule has 0 aliphatic carbocycles. The van der Waals surface area contributed by atoms with Gasteiger partial charge in [0, 0.05) is 11.3 Å². The van der Waals surface area contributed by atoms with Gasteiger partial charge in [-0.15, -0.1) is 0 Å². The minimum atomic E-state index is -3.60. The van der Waals surface area contributed by atoms with Gasteiger partial charge in [0.1, 0.15) is 5.82 Å². The van der Waals surface area contributed by atoms with Gasteiger partial charge in [0.2, 0.25) is 10.0 Å². The van der Waals surface area contributed by atoms with E-state index >= 15 is 0 Å². The number of hydrogen-bond donors (Lipinski definition) is 1. The van der Waals surface area contributed by atoms with E-state index in [1.54, 1.807) is 36.4 Å². The Bertz CT molecular complexity index is 626. The normalized spacial score (nSPS) is 11.2. The maximum atomic E-state index is 13.4. The van der Waals surface area contributed by atoms with E-state index in [2.05, 4.69) is 4.72 Å². The third-order valence-electron chi connectivity index (χ3n) is 2.35. The van der Waals surface area contributed by atoms with E-state index < -0.39 is 15.8 Å². The first-order valence-electron chi connectivity index (χ1n) is 5.36. The van der Waals surface area contributed by atoms with Crippen LogP contribution in [0.25, 0.3) is 0 Å². The molecule has 0 heterocycles. The minimum Gasteiger partial charge on any atom is -0.283 e. The van der Waals surface area contributed by atoms with Crippen LogP contribution < -0.4 is 4.72 Å². The van der Waals surface area contributed by atoms with Crippen molar-refractivity contribution in [1.29, 1.82) is 0 Å². The van der Waals surface area contributed by atoms with E-state index in [4.69, 9.17) is 0 Å². The lowest BCUT2D eigenvalue weighted by Gasteiger charge is -2.08. The average molecular weight is 265 g/mol. The molecule has 0 unspecified atom stereocenters. The zero-order valence-corrected chi connectivity index (χ0v) is 10.3. The molecule has 18 heavy (non-hydrogen) atoms. The van der Waals surface area contributed by atoms with Crippen molar-refractivity contribution >= 4 is 15.7 Å². The van der Waals surface area contributed by atoms with Gasteiger partial charge in [-0.2, -0.15) is 0 Å². The number of sulfonamides is 1. The lowest BCUT2D eigenvalue weighted by molar-refractivity contribution is 0.591. The molecule has 94 valence electrons. The Morgan fingerprint density at radius 1 is 0.944 bits per heavy atom. The maximum Gasteiger partial charge on any atom is 0.237 e. The molecule has 0 saturated heterocycles. The molecule has 0 radical (unpaired) electrons. The second-order valence-corrected chi connectivity index (χ2v) is 5.54. The smallest absolute Gasteiger partial charge is 0.237 e. The molecule has 0 aromatic heterocycles. The van der Waals surface area contributed by atoms with E-state index in [1.807, 2.05) is 0 Å². The minimum absolute atomic E-state index is 0.154. The summed E-state index contributed by atoms with van der Waals surface area (Å²) in [5, 5.41) is 0. The highest BCUT2D eigenvalue weighted by Crippen LogP contribution is 2.14. The van der Waals surface area contributed by atoms with Gasteiger partial charge in [0.05, 0.1) is 5.75 Å². The van der Waals surface area contributed by atoms with Crippen molar-refractivity contribution in [2.75, 3.05) is 4.72 Å². The highest BCUT2D eigenvalue weighted by atomic mass is 32.2. The predicted molar refractivity (Wildman–Crippen MR) is 69.1 cm³/mol. The number of halogens is 1. The van der Waals surface area contributed by atoms with Gasteiger partial charge >= 0.3 is 0 Å². The van der Waals surface area contributed by atoms with Crippen molar-refractivity contribution in [3.8, 4) is 0 Å². The molecule has 2 aromatic carbocycles. The van der Waals surface area contributed by atoms with Crippen molar-refractivity contribution in [2.24, 2.45) is 0 Å². The van der Waals surface area contributed by atoms with E-state index in [0.717, 1.165) is 0 Å². The van der Waals surface area contributed by atoms with Crippen molar-refractivity contribution < 1.29 is 12.8 Å². The second kappa shape index (κ2) is 5.18. The monoisotopic (exact) mass is 265 g/mol. The first-order chi connectivity index (χ1) is 8.57. The van der Waals surface area contributed by atoms with Crippen LogP contribution in [-0.2, 0) is 15.8 Å². The van der Waals surface area contributed by atoms with E-state index in [-0.39, 0.29) is 11.3 Å². The molecule has 0 aliphatic heterocycles. The second-order valence-electron chi connectivity index (χ2n) is 3.82. The van der Waals surface area contributed by atoms with Crippen LogP contribution in [0.3, 0.4) is 0 Å². The largest absolute Gasteiger partial charge is 0.283 e. The SMILES string of the molecule is O=S(=O)(Cc1ccccc1F)Nc1ccccc1. The summed E-state index contributed by atoms with van der Waals surface area (Å²) in [6.45, 7) is 0. The number of para-hydroxylation sites is 1. The number of benzene rings is 2. The summed E-state index contributed by atoms with van der Waals surface area (Å²) in [4.78, 5) is 0. The van der Waals surface area contributed by atoms with Crippen LogP contribution in [0.2, 0.25) is 0 Å². The first-order valence-corrected chi connectivity index (χ1v) is 7.01. The molecule has 0 atom stereocenters. The molecule has 1 N–H and O–H groups in total. The van der Waals surface area contributed by atoms with Gasteiger partial charge in [0.25, 0.3) is 0 Å². The lowest BCUT2D eigenvalue weighted by Crippen LogP contribution is -2.15. The van der Waals surface area contributed by atoms with Crippen LogP contribution >= 0.6 is 0 Å². The Kier molecular flexibility index (Phi) is 3.62. The number of hydrogen-bond acceptors (Lipinski definition) is 2. The van der Waals surface area contributed by atoms with Gasteiger partial charge < -0.3 is 0 Å². The fourth-order valence-electron chi connectivity index (χ4n) is 1.54. The summed E-state index contributed by atoms with van der Waals surface area (Å²) >= 11 is 0.